The van der Waals surface area contributed by atoms with Crippen LogP contribution in [0, 0.1) is 0 Å². The number of carbonyl (C=O) groups is 2. The molecule has 2 N–H and O–H groups in total. The van der Waals surface area contributed by atoms with Gasteiger partial charge in [0.25, 0.3) is 0 Å². The Labute approximate surface area is 151 Å². The highest BCUT2D eigenvalue weighted by Crippen LogP contribution is 2.29. The number of anilines is 1. The predicted molar refractivity (Wildman–Crippen MR) is 95.4 cm³/mol. The summed E-state index contributed by atoms with van der Waals surface area (Å²) >= 11 is 1.49. The maximum atomic E-state index is 12.3. The van der Waals surface area contributed by atoms with Gasteiger partial charge in [0, 0.05) is 24.9 Å². The highest BCUT2D eigenvalue weighted by atomic mass is 32.2. The van der Waals surface area contributed by atoms with Gasteiger partial charge in [-0.2, -0.15) is 0 Å². The molecule has 2 amide bonds. The molecule has 8 nitrogen and oxygen atoms in total. The van der Waals surface area contributed by atoms with E-state index in [9.17, 15) is 9.59 Å². The normalized spacial score (nSPS) is 23.0. The maximum Gasteiger partial charge on any atom is 0.243 e. The number of rotatable bonds is 4. The summed E-state index contributed by atoms with van der Waals surface area (Å²) in [6.45, 7) is 6.98. The van der Waals surface area contributed by atoms with Crippen molar-refractivity contribution in [1.82, 2.24) is 20.6 Å². The van der Waals surface area contributed by atoms with Gasteiger partial charge in [0.1, 0.15) is 18.2 Å². The van der Waals surface area contributed by atoms with E-state index in [2.05, 4.69) is 25.5 Å². The fourth-order valence-corrected chi connectivity index (χ4v) is 3.63. The molecule has 0 spiro atoms. The van der Waals surface area contributed by atoms with Crippen molar-refractivity contribution in [3.05, 3.63) is 18.1 Å². The molecule has 0 saturated carbocycles. The molecule has 2 aliphatic rings. The summed E-state index contributed by atoms with van der Waals surface area (Å²) in [6.07, 6.45) is 1.51. The summed E-state index contributed by atoms with van der Waals surface area (Å²) in [5.41, 5.74) is 0.736. The third kappa shape index (κ3) is 4.40. The molecular weight excluding hydrogens is 342 g/mol. The standard InChI is InChI=1S/C16H23N5O3S/c1-16(2)15(23)20-12(9-25-16)14(22)17-8-11-7-13(19-10-18-11)21-3-5-24-6-4-21/h7,10,12H,3-6,8-9H2,1-2H3,(H,17,22)(H,20,23). The summed E-state index contributed by atoms with van der Waals surface area (Å²) in [6, 6.07) is 1.37. The summed E-state index contributed by atoms with van der Waals surface area (Å²) in [5, 5.41) is 5.63. The Morgan fingerprint density at radius 3 is 2.92 bits per heavy atom. The van der Waals surface area contributed by atoms with Crippen LogP contribution < -0.4 is 15.5 Å². The van der Waals surface area contributed by atoms with Crippen molar-refractivity contribution in [2.45, 2.75) is 31.2 Å². The van der Waals surface area contributed by atoms with Crippen LogP contribution >= 0.6 is 11.8 Å². The molecule has 2 saturated heterocycles. The number of hydrogen-bond acceptors (Lipinski definition) is 7. The van der Waals surface area contributed by atoms with Crippen molar-refractivity contribution in [2.24, 2.45) is 0 Å². The quantitative estimate of drug-likeness (QED) is 0.772. The van der Waals surface area contributed by atoms with E-state index >= 15 is 0 Å². The van der Waals surface area contributed by atoms with E-state index in [1.165, 1.54) is 18.1 Å². The SMILES string of the molecule is CC1(C)SCC(C(=O)NCc2cc(N3CCOCC3)ncn2)NC1=O. The van der Waals surface area contributed by atoms with Crippen LogP contribution in [0.15, 0.2) is 12.4 Å². The molecule has 1 atom stereocenters. The first-order valence-electron chi connectivity index (χ1n) is 8.32. The van der Waals surface area contributed by atoms with E-state index in [0.29, 0.717) is 25.5 Å². The van der Waals surface area contributed by atoms with Gasteiger partial charge in [-0.25, -0.2) is 9.97 Å². The highest BCUT2D eigenvalue weighted by Gasteiger charge is 2.37. The predicted octanol–water partition coefficient (Wildman–Crippen LogP) is -0.0604. The van der Waals surface area contributed by atoms with Crippen LogP contribution in [-0.4, -0.2) is 64.6 Å². The van der Waals surface area contributed by atoms with Crippen LogP contribution in [0.1, 0.15) is 19.5 Å². The number of aromatic nitrogens is 2. The van der Waals surface area contributed by atoms with E-state index in [1.54, 1.807) is 0 Å². The van der Waals surface area contributed by atoms with E-state index < -0.39 is 10.8 Å². The first kappa shape index (κ1) is 17.9. The molecule has 1 aromatic heterocycles. The number of carbonyl (C=O) groups excluding carboxylic acids is 2. The first-order chi connectivity index (χ1) is 12.0. The Bertz CT molecular complexity index is 648. The van der Waals surface area contributed by atoms with Crippen molar-refractivity contribution in [1.29, 1.82) is 0 Å². The monoisotopic (exact) mass is 365 g/mol. The van der Waals surface area contributed by atoms with Gasteiger partial charge in [0.15, 0.2) is 0 Å². The molecular formula is C16H23N5O3S. The van der Waals surface area contributed by atoms with E-state index in [-0.39, 0.29) is 11.8 Å². The van der Waals surface area contributed by atoms with Crippen molar-refractivity contribution in [2.75, 3.05) is 37.0 Å². The lowest BCUT2D eigenvalue weighted by atomic mass is 10.1. The average Bonchev–Trinajstić information content (AvgIpc) is 2.63. The Kier molecular flexibility index (Phi) is 5.43. The number of thioether (sulfide) groups is 1. The summed E-state index contributed by atoms with van der Waals surface area (Å²) in [7, 11) is 0. The molecule has 0 aromatic carbocycles. The lowest BCUT2D eigenvalue weighted by Crippen LogP contribution is -2.57. The molecule has 9 heteroatoms. The second kappa shape index (κ2) is 7.57. The topological polar surface area (TPSA) is 96.5 Å². The lowest BCUT2D eigenvalue weighted by Gasteiger charge is -2.32. The Morgan fingerprint density at radius 1 is 1.44 bits per heavy atom. The number of hydrogen-bond donors (Lipinski definition) is 2. The molecule has 25 heavy (non-hydrogen) atoms. The number of ether oxygens (including phenoxy) is 1. The minimum absolute atomic E-state index is 0.111. The largest absolute Gasteiger partial charge is 0.378 e. The molecule has 136 valence electrons. The minimum Gasteiger partial charge on any atom is -0.378 e. The van der Waals surface area contributed by atoms with Gasteiger partial charge in [0.05, 0.1) is 30.2 Å². The zero-order chi connectivity index (χ0) is 17.9. The van der Waals surface area contributed by atoms with Gasteiger partial charge in [0.2, 0.25) is 11.8 Å². The van der Waals surface area contributed by atoms with Gasteiger partial charge in [-0.15, -0.1) is 11.8 Å². The number of nitrogens with one attached hydrogen (secondary N) is 2. The Morgan fingerprint density at radius 2 is 2.20 bits per heavy atom. The van der Waals surface area contributed by atoms with Gasteiger partial charge < -0.3 is 20.3 Å². The van der Waals surface area contributed by atoms with E-state index in [0.717, 1.165) is 24.6 Å². The van der Waals surface area contributed by atoms with Gasteiger partial charge in [-0.1, -0.05) is 0 Å². The molecule has 0 aliphatic carbocycles. The summed E-state index contributed by atoms with van der Waals surface area (Å²) in [5.74, 6) is 1.10. The maximum absolute atomic E-state index is 12.3. The molecule has 1 aromatic rings. The second-order valence-electron chi connectivity index (χ2n) is 6.53. The zero-order valence-corrected chi connectivity index (χ0v) is 15.3. The Hall–Kier alpha value is -1.87. The molecule has 0 radical (unpaired) electrons. The highest BCUT2D eigenvalue weighted by molar-refractivity contribution is 8.01. The number of amides is 2. The van der Waals surface area contributed by atoms with E-state index in [4.69, 9.17) is 4.74 Å². The zero-order valence-electron chi connectivity index (χ0n) is 14.4. The average molecular weight is 365 g/mol. The van der Waals surface area contributed by atoms with E-state index in [1.807, 2.05) is 19.9 Å². The Balaban J connectivity index is 1.55. The molecule has 0 bridgehead atoms. The van der Waals surface area contributed by atoms with Crippen molar-refractivity contribution < 1.29 is 14.3 Å². The van der Waals surface area contributed by atoms with Crippen LogP contribution in [0.3, 0.4) is 0 Å². The molecule has 2 aliphatic heterocycles. The lowest BCUT2D eigenvalue weighted by molar-refractivity contribution is -0.129. The van der Waals surface area contributed by atoms with Crippen molar-refractivity contribution in [3.8, 4) is 0 Å². The van der Waals surface area contributed by atoms with Gasteiger partial charge in [-0.05, 0) is 13.8 Å². The summed E-state index contributed by atoms with van der Waals surface area (Å²) < 4.78 is 4.85. The third-order valence-corrected chi connectivity index (χ3v) is 5.67. The smallest absolute Gasteiger partial charge is 0.243 e. The van der Waals surface area contributed by atoms with Crippen LogP contribution in [0.4, 0.5) is 5.82 Å². The van der Waals surface area contributed by atoms with Crippen molar-refractivity contribution >= 4 is 29.4 Å². The van der Waals surface area contributed by atoms with Crippen molar-refractivity contribution in [3.63, 3.8) is 0 Å². The molecule has 3 rings (SSSR count). The molecule has 2 fully saturated rings. The fourth-order valence-electron chi connectivity index (χ4n) is 2.62. The second-order valence-corrected chi connectivity index (χ2v) is 8.17. The van der Waals surface area contributed by atoms with Gasteiger partial charge >= 0.3 is 0 Å². The van der Waals surface area contributed by atoms with Gasteiger partial charge in [-0.3, -0.25) is 9.59 Å². The first-order valence-corrected chi connectivity index (χ1v) is 9.30. The van der Waals surface area contributed by atoms with Crippen LogP contribution in [-0.2, 0) is 20.9 Å². The molecule has 3 heterocycles. The molecule has 1 unspecified atom stereocenters. The van der Waals surface area contributed by atoms with Crippen LogP contribution in [0.25, 0.3) is 0 Å². The number of morpholine rings is 1. The van der Waals surface area contributed by atoms with Crippen LogP contribution in [0.5, 0.6) is 0 Å². The van der Waals surface area contributed by atoms with Crippen LogP contribution in [0.2, 0.25) is 0 Å². The number of nitrogens with zero attached hydrogens (tertiary/aromatic N) is 3. The minimum atomic E-state index is -0.508. The third-order valence-electron chi connectivity index (χ3n) is 4.27. The fraction of sp³-hybridized carbons (Fsp3) is 0.625. The summed E-state index contributed by atoms with van der Waals surface area (Å²) in [4.78, 5) is 34.9.